The zero-order chi connectivity index (χ0) is 19.8. The molecule has 0 saturated carbocycles. The Hall–Kier alpha value is -2.54. The minimum Gasteiger partial charge on any atom is -0.497 e. The molecule has 8 heteroatoms. The molecule has 2 aromatic carbocycles. The number of aromatic nitrogens is 2. The predicted molar refractivity (Wildman–Crippen MR) is 114 cm³/mol. The smallest absolute Gasteiger partial charge is 0.267 e. The van der Waals surface area contributed by atoms with Crippen LogP contribution in [0, 0.1) is 6.92 Å². The fourth-order valence-corrected chi connectivity index (χ4v) is 4.18. The van der Waals surface area contributed by atoms with Crippen LogP contribution in [-0.2, 0) is 0 Å². The Labute approximate surface area is 175 Å². The first-order valence-electron chi connectivity index (χ1n) is 8.35. The lowest BCUT2D eigenvalue weighted by Crippen LogP contribution is -2.12. The van der Waals surface area contributed by atoms with Gasteiger partial charge in [-0.05, 0) is 49.4 Å². The number of thiazole rings is 1. The third-order valence-corrected chi connectivity index (χ3v) is 6.05. The van der Waals surface area contributed by atoms with Gasteiger partial charge in [0, 0.05) is 22.5 Å². The molecule has 2 aromatic heterocycles. The average molecular weight is 432 g/mol. The number of carbonyl (C=O) groups excluding carboxylic acids is 1. The molecule has 4 aromatic rings. The Morgan fingerprint density at radius 1 is 1.18 bits per heavy atom. The molecule has 2 heterocycles. The first-order chi connectivity index (χ1) is 13.5. The van der Waals surface area contributed by atoms with E-state index in [1.165, 1.54) is 11.3 Å². The second-order valence-electron chi connectivity index (χ2n) is 6.10. The molecule has 142 valence electrons. The lowest BCUT2D eigenvalue weighted by Gasteiger charge is -2.07. The first kappa shape index (κ1) is 18.8. The van der Waals surface area contributed by atoms with E-state index in [-0.39, 0.29) is 5.91 Å². The van der Waals surface area contributed by atoms with E-state index in [4.69, 9.17) is 27.9 Å². The molecule has 0 unspecified atom stereocenters. The number of amides is 1. The number of imidazole rings is 1. The zero-order valence-electron chi connectivity index (χ0n) is 15.0. The minimum absolute atomic E-state index is 0.247. The van der Waals surface area contributed by atoms with Crippen molar-refractivity contribution in [2.75, 3.05) is 12.4 Å². The summed E-state index contributed by atoms with van der Waals surface area (Å²) in [6, 6.07) is 12.6. The quantitative estimate of drug-likeness (QED) is 0.434. The summed E-state index contributed by atoms with van der Waals surface area (Å²) in [7, 11) is 1.63. The highest BCUT2D eigenvalue weighted by atomic mass is 35.5. The average Bonchev–Trinajstić information content (AvgIpc) is 3.24. The number of hydrogen-bond donors (Lipinski definition) is 1. The van der Waals surface area contributed by atoms with Gasteiger partial charge >= 0.3 is 0 Å². The molecule has 0 aliphatic carbocycles. The van der Waals surface area contributed by atoms with Crippen LogP contribution in [-0.4, -0.2) is 22.4 Å². The van der Waals surface area contributed by atoms with Gasteiger partial charge in [-0.1, -0.05) is 34.5 Å². The molecule has 1 amide bonds. The van der Waals surface area contributed by atoms with E-state index >= 15 is 0 Å². The molecule has 0 bridgehead atoms. The number of ether oxygens (including phenoxy) is 1. The van der Waals surface area contributed by atoms with Gasteiger partial charge in [-0.15, -0.1) is 0 Å². The third-order valence-electron chi connectivity index (χ3n) is 4.33. The number of rotatable bonds is 4. The minimum atomic E-state index is -0.247. The molecular weight excluding hydrogens is 417 g/mol. The third kappa shape index (κ3) is 3.46. The van der Waals surface area contributed by atoms with E-state index in [2.05, 4.69) is 10.3 Å². The fourth-order valence-electron chi connectivity index (χ4n) is 2.83. The van der Waals surface area contributed by atoms with Gasteiger partial charge in [-0.2, -0.15) is 0 Å². The Balaban J connectivity index is 1.64. The van der Waals surface area contributed by atoms with Crippen molar-refractivity contribution in [3.8, 4) is 17.0 Å². The maximum atomic E-state index is 12.7. The summed E-state index contributed by atoms with van der Waals surface area (Å²) < 4.78 is 7.10. The van der Waals surface area contributed by atoms with Gasteiger partial charge in [0.05, 0.1) is 23.5 Å². The van der Waals surface area contributed by atoms with Crippen LogP contribution in [0.4, 0.5) is 5.69 Å². The van der Waals surface area contributed by atoms with Crippen LogP contribution in [0.3, 0.4) is 0 Å². The summed E-state index contributed by atoms with van der Waals surface area (Å²) in [5.41, 5.74) is 3.10. The van der Waals surface area contributed by atoms with Crippen molar-refractivity contribution in [2.45, 2.75) is 6.92 Å². The van der Waals surface area contributed by atoms with Crippen molar-refractivity contribution in [1.29, 1.82) is 0 Å². The highest BCUT2D eigenvalue weighted by Crippen LogP contribution is 2.30. The van der Waals surface area contributed by atoms with E-state index in [0.717, 1.165) is 27.7 Å². The van der Waals surface area contributed by atoms with Gasteiger partial charge in [0.2, 0.25) is 0 Å². The van der Waals surface area contributed by atoms with Crippen molar-refractivity contribution in [3.63, 3.8) is 0 Å². The highest BCUT2D eigenvalue weighted by molar-refractivity contribution is 7.19. The van der Waals surface area contributed by atoms with Crippen LogP contribution in [0.5, 0.6) is 5.75 Å². The Kier molecular flexibility index (Phi) is 5.02. The summed E-state index contributed by atoms with van der Waals surface area (Å²) >= 11 is 13.5. The second-order valence-corrected chi connectivity index (χ2v) is 7.92. The van der Waals surface area contributed by atoms with Crippen LogP contribution in [0.1, 0.15) is 15.4 Å². The molecule has 5 nitrogen and oxygen atoms in total. The predicted octanol–water partition coefficient (Wildman–Crippen LogP) is 5.94. The number of nitrogens with zero attached hydrogens (tertiary/aromatic N) is 2. The normalized spacial score (nSPS) is 11.0. The standard InChI is InChI=1S/C20H15Cl2N3O2S/c1-11-18(19(26)23-16-9-13(21)5-8-15(16)22)28-20-24-17(10-25(11)20)12-3-6-14(27-2)7-4-12/h3-10H,1-2H3,(H,23,26). The van der Waals surface area contributed by atoms with E-state index < -0.39 is 0 Å². The SMILES string of the molecule is COc1ccc(-c2cn3c(C)c(C(=O)Nc4cc(Cl)ccc4Cl)sc3n2)cc1. The molecule has 0 aliphatic rings. The molecule has 0 fully saturated rings. The molecule has 0 aliphatic heterocycles. The van der Waals surface area contributed by atoms with E-state index in [1.807, 2.05) is 41.8 Å². The van der Waals surface area contributed by atoms with Gasteiger partial charge in [0.25, 0.3) is 5.91 Å². The van der Waals surface area contributed by atoms with Crippen molar-refractivity contribution >= 4 is 51.1 Å². The second kappa shape index (κ2) is 7.47. The van der Waals surface area contributed by atoms with Gasteiger partial charge in [0.1, 0.15) is 10.6 Å². The molecule has 0 saturated heterocycles. The maximum Gasteiger partial charge on any atom is 0.267 e. The molecular formula is C20H15Cl2N3O2S. The molecule has 0 radical (unpaired) electrons. The summed E-state index contributed by atoms with van der Waals surface area (Å²) in [6.07, 6.45) is 1.92. The Morgan fingerprint density at radius 3 is 2.61 bits per heavy atom. The maximum absolute atomic E-state index is 12.7. The van der Waals surface area contributed by atoms with E-state index in [0.29, 0.717) is 20.6 Å². The number of hydrogen-bond acceptors (Lipinski definition) is 4. The van der Waals surface area contributed by atoms with Crippen molar-refractivity contribution in [1.82, 2.24) is 9.38 Å². The van der Waals surface area contributed by atoms with Gasteiger partial charge in [0.15, 0.2) is 4.96 Å². The molecule has 0 spiro atoms. The number of benzene rings is 2. The largest absolute Gasteiger partial charge is 0.497 e. The summed E-state index contributed by atoms with van der Waals surface area (Å²) in [6.45, 7) is 1.89. The zero-order valence-corrected chi connectivity index (χ0v) is 17.3. The monoisotopic (exact) mass is 431 g/mol. The highest BCUT2D eigenvalue weighted by Gasteiger charge is 2.19. The van der Waals surface area contributed by atoms with Crippen LogP contribution in [0.15, 0.2) is 48.7 Å². The fraction of sp³-hybridized carbons (Fsp3) is 0.100. The number of nitrogens with one attached hydrogen (secondary N) is 1. The molecule has 0 atom stereocenters. The van der Waals surface area contributed by atoms with Crippen LogP contribution < -0.4 is 10.1 Å². The van der Waals surface area contributed by atoms with Crippen LogP contribution >= 0.6 is 34.5 Å². The molecule has 4 rings (SSSR count). The van der Waals surface area contributed by atoms with E-state index in [1.54, 1.807) is 25.3 Å². The number of fused-ring (bicyclic) bond motifs is 1. The first-order valence-corrected chi connectivity index (χ1v) is 9.93. The number of anilines is 1. The van der Waals surface area contributed by atoms with Crippen molar-refractivity contribution in [3.05, 3.63) is 69.3 Å². The topological polar surface area (TPSA) is 55.6 Å². The van der Waals surface area contributed by atoms with Gasteiger partial charge in [-0.3, -0.25) is 9.20 Å². The lowest BCUT2D eigenvalue weighted by molar-refractivity contribution is 0.102. The number of halogens is 2. The Bertz CT molecular complexity index is 1180. The summed E-state index contributed by atoms with van der Waals surface area (Å²) in [4.78, 5) is 18.7. The number of aryl methyl sites for hydroxylation is 1. The van der Waals surface area contributed by atoms with Crippen molar-refractivity contribution in [2.24, 2.45) is 0 Å². The Morgan fingerprint density at radius 2 is 1.93 bits per heavy atom. The number of methoxy groups -OCH3 is 1. The van der Waals surface area contributed by atoms with Crippen LogP contribution in [0.25, 0.3) is 16.2 Å². The molecule has 1 N–H and O–H groups in total. The van der Waals surface area contributed by atoms with E-state index in [9.17, 15) is 4.79 Å². The summed E-state index contributed by atoms with van der Waals surface area (Å²) in [5.74, 6) is 0.544. The van der Waals surface area contributed by atoms with Gasteiger partial charge < -0.3 is 10.1 Å². The van der Waals surface area contributed by atoms with Crippen molar-refractivity contribution < 1.29 is 9.53 Å². The lowest BCUT2D eigenvalue weighted by atomic mass is 10.2. The van der Waals surface area contributed by atoms with Gasteiger partial charge in [-0.25, -0.2) is 4.98 Å². The number of carbonyl (C=O) groups is 1. The van der Waals surface area contributed by atoms with Crippen LogP contribution in [0.2, 0.25) is 10.0 Å². The molecule has 28 heavy (non-hydrogen) atoms. The summed E-state index contributed by atoms with van der Waals surface area (Å²) in [5, 5.41) is 3.75.